The normalized spacial score (nSPS) is 12.6. The molecular weight excluding hydrogens is 219 g/mol. The summed E-state index contributed by atoms with van der Waals surface area (Å²) in [6.07, 6.45) is 0.0844. The van der Waals surface area contributed by atoms with Crippen LogP contribution in [0, 0.1) is 17.5 Å². The number of carbonyl (C=O) groups excluding carboxylic acids is 1. The zero-order valence-corrected chi connectivity index (χ0v) is 8.77. The first-order chi connectivity index (χ1) is 7.40. The van der Waals surface area contributed by atoms with Crippen molar-refractivity contribution in [1.82, 2.24) is 0 Å². The summed E-state index contributed by atoms with van der Waals surface area (Å²) in [6, 6.07) is 0.660. The van der Waals surface area contributed by atoms with Crippen molar-refractivity contribution in [3.05, 3.63) is 35.1 Å². The van der Waals surface area contributed by atoms with E-state index in [1.807, 2.05) is 0 Å². The molecule has 0 amide bonds. The van der Waals surface area contributed by atoms with Crippen LogP contribution in [0.4, 0.5) is 13.2 Å². The first-order valence-corrected chi connectivity index (χ1v) is 4.78. The Morgan fingerprint density at radius 2 is 1.81 bits per heavy atom. The Balaban J connectivity index is 2.81. The summed E-state index contributed by atoms with van der Waals surface area (Å²) in [7, 11) is 0. The lowest BCUT2D eigenvalue weighted by molar-refractivity contribution is -0.117. The van der Waals surface area contributed by atoms with Crippen molar-refractivity contribution < 1.29 is 18.0 Å². The van der Waals surface area contributed by atoms with E-state index in [9.17, 15) is 18.0 Å². The van der Waals surface area contributed by atoms with Gasteiger partial charge in [-0.15, -0.1) is 0 Å². The van der Waals surface area contributed by atoms with E-state index < -0.39 is 23.5 Å². The van der Waals surface area contributed by atoms with Crippen LogP contribution in [0.5, 0.6) is 0 Å². The van der Waals surface area contributed by atoms with Crippen LogP contribution >= 0.6 is 0 Å². The number of hydrogen-bond donors (Lipinski definition) is 1. The molecule has 1 rings (SSSR count). The molecule has 1 aromatic rings. The Morgan fingerprint density at radius 3 is 2.38 bits per heavy atom. The fraction of sp³-hybridized carbons (Fsp3) is 0.364. The van der Waals surface area contributed by atoms with Crippen molar-refractivity contribution in [2.45, 2.75) is 25.8 Å². The predicted molar refractivity (Wildman–Crippen MR) is 53.3 cm³/mol. The number of ketones is 1. The van der Waals surface area contributed by atoms with E-state index in [0.717, 1.165) is 6.07 Å². The van der Waals surface area contributed by atoms with Crippen LogP contribution in [0.2, 0.25) is 0 Å². The summed E-state index contributed by atoms with van der Waals surface area (Å²) in [6.45, 7) is 1.36. The maximum absolute atomic E-state index is 13.2. The molecule has 2 nitrogen and oxygen atoms in total. The van der Waals surface area contributed by atoms with Crippen LogP contribution in [0.25, 0.3) is 0 Å². The van der Waals surface area contributed by atoms with Gasteiger partial charge in [0, 0.05) is 18.5 Å². The third kappa shape index (κ3) is 3.34. The Labute approximate surface area is 91.3 Å². The molecule has 2 N–H and O–H groups in total. The van der Waals surface area contributed by atoms with Gasteiger partial charge in [-0.3, -0.25) is 4.79 Å². The number of benzene rings is 1. The molecule has 1 aromatic carbocycles. The SMILES string of the molecule is CC(=O)CC(N)Cc1cc(F)c(F)cc1F. The molecule has 5 heteroatoms. The summed E-state index contributed by atoms with van der Waals surface area (Å²) in [4.78, 5) is 10.7. The Hall–Kier alpha value is -1.36. The lowest BCUT2D eigenvalue weighted by atomic mass is 10.0. The van der Waals surface area contributed by atoms with Gasteiger partial charge in [0.25, 0.3) is 0 Å². The average molecular weight is 231 g/mol. The summed E-state index contributed by atoms with van der Waals surface area (Å²) in [5.74, 6) is -3.33. The van der Waals surface area contributed by atoms with E-state index in [-0.39, 0.29) is 24.2 Å². The third-order valence-corrected chi connectivity index (χ3v) is 2.12. The maximum Gasteiger partial charge on any atom is 0.161 e. The Morgan fingerprint density at radius 1 is 1.25 bits per heavy atom. The molecule has 0 spiro atoms. The lowest BCUT2D eigenvalue weighted by Gasteiger charge is -2.10. The lowest BCUT2D eigenvalue weighted by Crippen LogP contribution is -2.26. The smallest absolute Gasteiger partial charge is 0.161 e. The van der Waals surface area contributed by atoms with Gasteiger partial charge >= 0.3 is 0 Å². The van der Waals surface area contributed by atoms with Crippen molar-refractivity contribution in [2.24, 2.45) is 5.73 Å². The van der Waals surface area contributed by atoms with E-state index in [1.54, 1.807) is 0 Å². The molecule has 0 aliphatic rings. The van der Waals surface area contributed by atoms with E-state index >= 15 is 0 Å². The average Bonchev–Trinajstić information content (AvgIpc) is 2.12. The fourth-order valence-corrected chi connectivity index (χ4v) is 1.44. The van der Waals surface area contributed by atoms with Gasteiger partial charge in [-0.25, -0.2) is 13.2 Å². The predicted octanol–water partition coefficient (Wildman–Crippen LogP) is 1.95. The Bertz CT molecular complexity index is 406. The molecule has 0 radical (unpaired) electrons. The van der Waals surface area contributed by atoms with E-state index in [2.05, 4.69) is 0 Å². The van der Waals surface area contributed by atoms with Gasteiger partial charge in [-0.05, 0) is 25.0 Å². The van der Waals surface area contributed by atoms with Crippen molar-refractivity contribution >= 4 is 5.78 Å². The van der Waals surface area contributed by atoms with Gasteiger partial charge in [0.2, 0.25) is 0 Å². The minimum absolute atomic E-state index is 0.00259. The zero-order chi connectivity index (χ0) is 12.3. The number of halogens is 3. The molecule has 0 bridgehead atoms. The molecular formula is C11H12F3NO. The molecule has 88 valence electrons. The first kappa shape index (κ1) is 12.7. The molecule has 16 heavy (non-hydrogen) atoms. The van der Waals surface area contributed by atoms with Crippen molar-refractivity contribution in [3.8, 4) is 0 Å². The van der Waals surface area contributed by atoms with Crippen LogP contribution < -0.4 is 5.73 Å². The highest BCUT2D eigenvalue weighted by Gasteiger charge is 2.13. The van der Waals surface area contributed by atoms with Gasteiger partial charge in [0.15, 0.2) is 11.6 Å². The number of rotatable bonds is 4. The van der Waals surface area contributed by atoms with Gasteiger partial charge in [0.1, 0.15) is 11.6 Å². The van der Waals surface area contributed by atoms with E-state index in [0.29, 0.717) is 6.07 Å². The van der Waals surface area contributed by atoms with Crippen LogP contribution in [0.15, 0.2) is 12.1 Å². The second kappa shape index (κ2) is 5.12. The van der Waals surface area contributed by atoms with E-state index in [1.165, 1.54) is 6.92 Å². The quantitative estimate of drug-likeness (QED) is 0.805. The summed E-state index contributed by atoms with van der Waals surface area (Å²) in [5.41, 5.74) is 5.54. The highest BCUT2D eigenvalue weighted by atomic mass is 19.2. The van der Waals surface area contributed by atoms with Crippen molar-refractivity contribution in [3.63, 3.8) is 0 Å². The largest absolute Gasteiger partial charge is 0.327 e. The molecule has 0 fully saturated rings. The van der Waals surface area contributed by atoms with Crippen LogP contribution in [-0.2, 0) is 11.2 Å². The first-order valence-electron chi connectivity index (χ1n) is 4.78. The number of carbonyl (C=O) groups is 1. The highest BCUT2D eigenvalue weighted by molar-refractivity contribution is 5.76. The molecule has 0 saturated heterocycles. The second-order valence-corrected chi connectivity index (χ2v) is 3.73. The van der Waals surface area contributed by atoms with Crippen LogP contribution in [0.1, 0.15) is 18.9 Å². The van der Waals surface area contributed by atoms with Gasteiger partial charge in [-0.2, -0.15) is 0 Å². The van der Waals surface area contributed by atoms with Crippen LogP contribution in [0.3, 0.4) is 0 Å². The zero-order valence-electron chi connectivity index (χ0n) is 8.77. The minimum atomic E-state index is -1.23. The van der Waals surface area contributed by atoms with Gasteiger partial charge in [0.05, 0.1) is 0 Å². The van der Waals surface area contributed by atoms with Gasteiger partial charge in [-0.1, -0.05) is 0 Å². The molecule has 0 heterocycles. The molecule has 0 aromatic heterocycles. The second-order valence-electron chi connectivity index (χ2n) is 3.73. The monoisotopic (exact) mass is 231 g/mol. The highest BCUT2D eigenvalue weighted by Crippen LogP contribution is 2.15. The number of hydrogen-bond acceptors (Lipinski definition) is 2. The molecule has 0 aliphatic carbocycles. The topological polar surface area (TPSA) is 43.1 Å². The van der Waals surface area contributed by atoms with E-state index in [4.69, 9.17) is 5.73 Å². The fourth-order valence-electron chi connectivity index (χ4n) is 1.44. The van der Waals surface area contributed by atoms with Crippen molar-refractivity contribution in [2.75, 3.05) is 0 Å². The molecule has 0 saturated carbocycles. The van der Waals surface area contributed by atoms with Crippen molar-refractivity contribution in [1.29, 1.82) is 0 Å². The van der Waals surface area contributed by atoms with Gasteiger partial charge < -0.3 is 5.73 Å². The summed E-state index contributed by atoms with van der Waals surface area (Å²) in [5, 5.41) is 0. The Kier molecular flexibility index (Phi) is 4.06. The molecule has 0 aliphatic heterocycles. The maximum atomic E-state index is 13.2. The number of nitrogens with two attached hydrogens (primary N) is 1. The summed E-state index contributed by atoms with van der Waals surface area (Å²) >= 11 is 0. The summed E-state index contributed by atoms with van der Waals surface area (Å²) < 4.78 is 38.6. The standard InChI is InChI=1S/C11H12F3NO/c1-6(16)2-8(15)3-7-4-10(13)11(14)5-9(7)12/h4-5,8H,2-3,15H2,1H3. The third-order valence-electron chi connectivity index (χ3n) is 2.12. The minimum Gasteiger partial charge on any atom is -0.327 e. The number of Topliss-reactive ketones (excluding diaryl/α,β-unsaturated/α-hetero) is 1. The molecule has 1 atom stereocenters. The van der Waals surface area contributed by atoms with Crippen LogP contribution in [-0.4, -0.2) is 11.8 Å². The molecule has 1 unspecified atom stereocenters.